The summed E-state index contributed by atoms with van der Waals surface area (Å²) < 4.78 is 102. The van der Waals surface area contributed by atoms with E-state index in [0.717, 1.165) is 6.54 Å². The van der Waals surface area contributed by atoms with Crippen molar-refractivity contribution in [3.8, 4) is 0 Å². The fourth-order valence-corrected chi connectivity index (χ4v) is 2.69. The quantitative estimate of drug-likeness (QED) is 0.159. The van der Waals surface area contributed by atoms with E-state index in [4.69, 9.17) is 5.73 Å². The molecule has 0 aliphatic rings. The third-order valence-corrected chi connectivity index (χ3v) is 5.99. The van der Waals surface area contributed by atoms with Gasteiger partial charge in [0.1, 0.15) is 0 Å². The standard InChI is InChI=1S/C18H39N.2CH2F3NO2S/c1-2-3-4-5-6-7-8-9-10-11-12-13-14-15-16-17-18-19;2*2-1(3,4)8(5,6)7/h2-19H2,1H3;2*(H2,5,6,7). The zero-order chi connectivity index (χ0) is 28.0. The van der Waals surface area contributed by atoms with Gasteiger partial charge in [-0.2, -0.15) is 26.3 Å². The lowest BCUT2D eigenvalue weighted by atomic mass is 10.0. The van der Waals surface area contributed by atoms with Crippen LogP contribution in [0.15, 0.2) is 0 Å². The molecule has 0 aliphatic carbocycles. The average Bonchev–Trinajstić information content (AvgIpc) is 2.69. The van der Waals surface area contributed by atoms with Crippen LogP contribution in [0.3, 0.4) is 0 Å². The predicted octanol–water partition coefficient (Wildman–Crippen LogP) is 5.80. The van der Waals surface area contributed by atoms with Crippen LogP contribution in [0.2, 0.25) is 0 Å². The molecule has 0 saturated heterocycles. The number of rotatable bonds is 16. The first-order chi connectivity index (χ1) is 15.9. The molecule has 0 aromatic rings. The van der Waals surface area contributed by atoms with Crippen LogP contribution in [0, 0.1) is 0 Å². The van der Waals surface area contributed by atoms with Crippen molar-refractivity contribution in [2.75, 3.05) is 6.54 Å². The molecule has 0 saturated carbocycles. The van der Waals surface area contributed by atoms with Gasteiger partial charge in [0, 0.05) is 0 Å². The molecule has 216 valence electrons. The minimum atomic E-state index is -5.34. The Morgan fingerprint density at radius 2 is 0.657 bits per heavy atom. The molecule has 0 fully saturated rings. The summed E-state index contributed by atoms with van der Waals surface area (Å²) in [6.07, 6.45) is 22.9. The maximum atomic E-state index is 10.8. The van der Waals surface area contributed by atoms with Crippen molar-refractivity contribution in [3.63, 3.8) is 0 Å². The van der Waals surface area contributed by atoms with E-state index in [2.05, 4.69) is 17.2 Å². The lowest BCUT2D eigenvalue weighted by Gasteiger charge is -2.03. The minimum absolute atomic E-state index is 0.873. The Bertz CT molecular complexity index is 628. The van der Waals surface area contributed by atoms with E-state index in [0.29, 0.717) is 0 Å². The summed E-state index contributed by atoms with van der Waals surface area (Å²) in [7, 11) is -10.7. The van der Waals surface area contributed by atoms with Gasteiger partial charge in [0.15, 0.2) is 0 Å². The Labute approximate surface area is 206 Å². The molecule has 0 unspecified atom stereocenters. The molecule has 35 heavy (non-hydrogen) atoms. The van der Waals surface area contributed by atoms with Gasteiger partial charge < -0.3 is 5.73 Å². The molecule has 0 spiro atoms. The van der Waals surface area contributed by atoms with Crippen LogP contribution < -0.4 is 16.0 Å². The highest BCUT2D eigenvalue weighted by Crippen LogP contribution is 2.19. The van der Waals surface area contributed by atoms with Crippen molar-refractivity contribution in [2.45, 2.75) is 121 Å². The molecule has 0 aromatic heterocycles. The molecule has 6 N–H and O–H groups in total. The predicted molar refractivity (Wildman–Crippen MR) is 127 cm³/mol. The van der Waals surface area contributed by atoms with Crippen molar-refractivity contribution in [1.82, 2.24) is 0 Å². The summed E-state index contributed by atoms with van der Waals surface area (Å²) in [4.78, 5) is 0. The minimum Gasteiger partial charge on any atom is -0.330 e. The van der Waals surface area contributed by atoms with Crippen LogP contribution in [0.1, 0.15) is 110 Å². The van der Waals surface area contributed by atoms with E-state index in [1.54, 1.807) is 0 Å². The van der Waals surface area contributed by atoms with Crippen molar-refractivity contribution in [1.29, 1.82) is 0 Å². The van der Waals surface area contributed by atoms with Gasteiger partial charge in [0.2, 0.25) is 0 Å². The van der Waals surface area contributed by atoms with Crippen LogP contribution in [0.25, 0.3) is 0 Å². The SMILES string of the molecule is CCCCCCCCCCCCCCCCCCN.NS(=O)(=O)C(F)(F)F.NS(=O)(=O)C(F)(F)F. The van der Waals surface area contributed by atoms with E-state index >= 15 is 0 Å². The molecule has 0 bridgehead atoms. The Morgan fingerprint density at radius 3 is 0.800 bits per heavy atom. The molecule has 0 aromatic carbocycles. The first kappa shape index (κ1) is 38.9. The van der Waals surface area contributed by atoms with E-state index in [1.807, 2.05) is 0 Å². The van der Waals surface area contributed by atoms with Gasteiger partial charge in [-0.3, -0.25) is 0 Å². The van der Waals surface area contributed by atoms with E-state index in [9.17, 15) is 43.2 Å². The third kappa shape index (κ3) is 29.5. The molecule has 0 radical (unpaired) electrons. The maximum absolute atomic E-state index is 10.8. The highest BCUT2D eigenvalue weighted by Gasteiger charge is 2.43. The molecular formula is C20H43F6N3O4S2. The zero-order valence-electron chi connectivity index (χ0n) is 20.5. The number of halogens is 6. The van der Waals surface area contributed by atoms with Crippen LogP contribution in [-0.4, -0.2) is 34.4 Å². The lowest BCUT2D eigenvalue weighted by Crippen LogP contribution is -2.30. The smallest absolute Gasteiger partial charge is 0.330 e. The first-order valence-electron chi connectivity index (χ1n) is 11.8. The number of alkyl halides is 6. The molecule has 0 aliphatic heterocycles. The van der Waals surface area contributed by atoms with Gasteiger partial charge in [-0.25, -0.2) is 27.1 Å². The van der Waals surface area contributed by atoms with Crippen LogP contribution in [0.5, 0.6) is 0 Å². The zero-order valence-corrected chi connectivity index (χ0v) is 22.1. The number of hydrogen-bond acceptors (Lipinski definition) is 5. The monoisotopic (exact) mass is 567 g/mol. The maximum Gasteiger partial charge on any atom is 0.511 e. The fraction of sp³-hybridized carbons (Fsp3) is 1.00. The summed E-state index contributed by atoms with van der Waals surface area (Å²) in [6, 6.07) is 0. The number of hydrogen-bond donors (Lipinski definition) is 3. The number of nitrogens with two attached hydrogens (primary N) is 3. The molecule has 0 atom stereocenters. The third-order valence-electron chi connectivity index (χ3n) is 4.70. The molecular weight excluding hydrogens is 524 g/mol. The van der Waals surface area contributed by atoms with Crippen LogP contribution in [0.4, 0.5) is 26.3 Å². The van der Waals surface area contributed by atoms with E-state index in [1.165, 1.54) is 103 Å². The summed E-state index contributed by atoms with van der Waals surface area (Å²) >= 11 is 0. The highest BCUT2D eigenvalue weighted by atomic mass is 32.2. The van der Waals surface area contributed by atoms with Gasteiger partial charge >= 0.3 is 31.1 Å². The summed E-state index contributed by atoms with van der Waals surface area (Å²) in [6.45, 7) is 3.16. The van der Waals surface area contributed by atoms with Gasteiger partial charge in [0.25, 0.3) is 0 Å². The second-order valence-electron chi connectivity index (χ2n) is 8.07. The van der Waals surface area contributed by atoms with Crippen LogP contribution >= 0.6 is 0 Å². The Morgan fingerprint density at radius 1 is 0.486 bits per heavy atom. The lowest BCUT2D eigenvalue weighted by molar-refractivity contribution is -0.0441. The van der Waals surface area contributed by atoms with Crippen molar-refractivity contribution >= 4 is 20.0 Å². The van der Waals surface area contributed by atoms with Gasteiger partial charge in [-0.05, 0) is 13.0 Å². The van der Waals surface area contributed by atoms with Gasteiger partial charge in [-0.15, -0.1) is 0 Å². The molecule has 15 heteroatoms. The molecule has 0 rings (SSSR count). The Kier molecular flexibility index (Phi) is 23.8. The largest absolute Gasteiger partial charge is 0.511 e. The van der Waals surface area contributed by atoms with Crippen molar-refractivity contribution in [2.24, 2.45) is 16.0 Å². The summed E-state index contributed by atoms with van der Waals surface area (Å²) in [5, 5.41) is 7.32. The van der Waals surface area contributed by atoms with Gasteiger partial charge in [-0.1, -0.05) is 103 Å². The van der Waals surface area contributed by atoms with Crippen molar-refractivity contribution in [3.05, 3.63) is 0 Å². The Hall–Kier alpha value is -0.640. The number of sulfonamides is 2. The molecule has 0 heterocycles. The number of primary sulfonamides is 2. The molecule has 7 nitrogen and oxygen atoms in total. The van der Waals surface area contributed by atoms with Crippen LogP contribution in [-0.2, 0) is 20.0 Å². The first-order valence-corrected chi connectivity index (χ1v) is 14.9. The highest BCUT2D eigenvalue weighted by molar-refractivity contribution is 7.90. The fourth-order valence-electron chi connectivity index (χ4n) is 2.69. The van der Waals surface area contributed by atoms with Crippen molar-refractivity contribution < 1.29 is 43.2 Å². The average molecular weight is 568 g/mol. The molecule has 0 amide bonds. The van der Waals surface area contributed by atoms with E-state index in [-0.39, 0.29) is 0 Å². The van der Waals surface area contributed by atoms with E-state index < -0.39 is 31.1 Å². The topological polar surface area (TPSA) is 146 Å². The second-order valence-corrected chi connectivity index (χ2v) is 11.2. The Balaban J connectivity index is -0.000000526. The van der Waals surface area contributed by atoms with Gasteiger partial charge in [0.05, 0.1) is 0 Å². The summed E-state index contributed by atoms with van der Waals surface area (Å²) in [5.41, 5.74) is -5.14. The normalized spacial score (nSPS) is 12.4. The number of unbranched alkanes of at least 4 members (excludes halogenated alkanes) is 15. The summed E-state index contributed by atoms with van der Waals surface area (Å²) in [5.74, 6) is 0. The second kappa shape index (κ2) is 21.4.